The van der Waals surface area contributed by atoms with Crippen molar-refractivity contribution in [2.75, 3.05) is 14.2 Å². The van der Waals surface area contributed by atoms with Crippen LogP contribution in [0.5, 0.6) is 0 Å². The molecular formula is C27H25NO6. The number of carbonyl (C=O) groups is 2. The van der Waals surface area contributed by atoms with Crippen molar-refractivity contribution in [3.63, 3.8) is 0 Å². The van der Waals surface area contributed by atoms with Crippen LogP contribution in [0.4, 0.5) is 0 Å². The van der Waals surface area contributed by atoms with Gasteiger partial charge in [-0.15, -0.1) is 0 Å². The molecular weight excluding hydrogens is 434 g/mol. The molecule has 1 aromatic heterocycles. The van der Waals surface area contributed by atoms with Crippen molar-refractivity contribution in [2.24, 2.45) is 0 Å². The molecule has 1 N–H and O–H groups in total. The SMILES string of the molecule is COC(=O)C1=C(C)NC(C)=C(C(=O)OC)C1c1cccc2c(=O)c(C)c(-c3ccccc3)oc12. The number of ether oxygens (including phenoxy) is 2. The fourth-order valence-electron chi connectivity index (χ4n) is 4.49. The van der Waals surface area contributed by atoms with Gasteiger partial charge in [0, 0.05) is 28.1 Å². The van der Waals surface area contributed by atoms with Gasteiger partial charge in [-0.25, -0.2) is 9.59 Å². The van der Waals surface area contributed by atoms with Crippen LogP contribution in [0.15, 0.2) is 80.3 Å². The first-order chi connectivity index (χ1) is 16.3. The zero-order valence-electron chi connectivity index (χ0n) is 19.6. The number of methoxy groups -OCH3 is 2. The molecule has 7 nitrogen and oxygen atoms in total. The van der Waals surface area contributed by atoms with Gasteiger partial charge in [-0.1, -0.05) is 42.5 Å². The van der Waals surface area contributed by atoms with E-state index in [1.54, 1.807) is 39.0 Å². The Morgan fingerprint density at radius 3 is 2.00 bits per heavy atom. The minimum Gasteiger partial charge on any atom is -0.466 e. The largest absolute Gasteiger partial charge is 0.466 e. The molecule has 0 saturated carbocycles. The Kier molecular flexibility index (Phi) is 6.11. The Morgan fingerprint density at radius 1 is 0.853 bits per heavy atom. The van der Waals surface area contributed by atoms with Crippen molar-refractivity contribution in [1.82, 2.24) is 5.32 Å². The number of allylic oxidation sites excluding steroid dienone is 2. The number of rotatable bonds is 4. The Bertz CT molecular complexity index is 1390. The lowest BCUT2D eigenvalue weighted by Crippen LogP contribution is -2.32. The van der Waals surface area contributed by atoms with Crippen molar-refractivity contribution in [1.29, 1.82) is 0 Å². The van der Waals surface area contributed by atoms with E-state index in [9.17, 15) is 14.4 Å². The van der Waals surface area contributed by atoms with Crippen molar-refractivity contribution >= 4 is 22.9 Å². The molecule has 34 heavy (non-hydrogen) atoms. The highest BCUT2D eigenvalue weighted by atomic mass is 16.5. The summed E-state index contributed by atoms with van der Waals surface area (Å²) in [5.74, 6) is -1.63. The predicted octanol–water partition coefficient (Wildman–Crippen LogP) is 4.35. The highest BCUT2D eigenvalue weighted by molar-refractivity contribution is 6.01. The van der Waals surface area contributed by atoms with Crippen LogP contribution in [0.2, 0.25) is 0 Å². The van der Waals surface area contributed by atoms with Gasteiger partial charge in [0.2, 0.25) is 0 Å². The average Bonchev–Trinajstić information content (AvgIpc) is 2.85. The molecule has 0 spiro atoms. The summed E-state index contributed by atoms with van der Waals surface area (Å²) in [4.78, 5) is 39.1. The van der Waals surface area contributed by atoms with Gasteiger partial charge in [-0.05, 0) is 26.8 Å². The summed E-state index contributed by atoms with van der Waals surface area (Å²) in [6.45, 7) is 5.19. The number of benzene rings is 2. The second-order valence-corrected chi connectivity index (χ2v) is 8.09. The van der Waals surface area contributed by atoms with E-state index in [4.69, 9.17) is 13.9 Å². The van der Waals surface area contributed by atoms with E-state index in [2.05, 4.69) is 5.32 Å². The summed E-state index contributed by atoms with van der Waals surface area (Å²) in [6, 6.07) is 14.5. The number of carbonyl (C=O) groups excluding carboxylic acids is 2. The molecule has 0 aliphatic carbocycles. The smallest absolute Gasteiger partial charge is 0.336 e. The van der Waals surface area contributed by atoms with E-state index >= 15 is 0 Å². The number of hydrogen-bond acceptors (Lipinski definition) is 7. The fraction of sp³-hybridized carbons (Fsp3) is 0.222. The van der Waals surface area contributed by atoms with Crippen molar-refractivity contribution < 1.29 is 23.5 Å². The molecule has 2 heterocycles. The average molecular weight is 459 g/mol. The summed E-state index contributed by atoms with van der Waals surface area (Å²) < 4.78 is 16.5. The molecule has 4 rings (SSSR count). The summed E-state index contributed by atoms with van der Waals surface area (Å²) in [5.41, 5.74) is 3.39. The third-order valence-electron chi connectivity index (χ3n) is 6.09. The molecule has 0 fully saturated rings. The number of hydrogen-bond donors (Lipinski definition) is 1. The van der Waals surface area contributed by atoms with Gasteiger partial charge in [0.15, 0.2) is 5.43 Å². The van der Waals surface area contributed by atoms with Gasteiger partial charge in [0.1, 0.15) is 11.3 Å². The normalized spacial score (nSPS) is 14.3. The first-order valence-electron chi connectivity index (χ1n) is 10.8. The van der Waals surface area contributed by atoms with Gasteiger partial charge < -0.3 is 19.2 Å². The molecule has 0 radical (unpaired) electrons. The second-order valence-electron chi connectivity index (χ2n) is 8.09. The van der Waals surface area contributed by atoms with E-state index in [1.165, 1.54) is 14.2 Å². The van der Waals surface area contributed by atoms with Crippen LogP contribution in [-0.2, 0) is 19.1 Å². The maximum absolute atomic E-state index is 13.3. The topological polar surface area (TPSA) is 94.8 Å². The summed E-state index contributed by atoms with van der Waals surface area (Å²) in [7, 11) is 2.56. The number of fused-ring (bicyclic) bond motifs is 1. The molecule has 174 valence electrons. The van der Waals surface area contributed by atoms with Crippen molar-refractivity contribution in [3.8, 4) is 11.3 Å². The lowest BCUT2D eigenvalue weighted by Gasteiger charge is -2.30. The van der Waals surface area contributed by atoms with Crippen LogP contribution in [0.25, 0.3) is 22.3 Å². The van der Waals surface area contributed by atoms with Gasteiger partial charge in [0.05, 0.1) is 36.7 Å². The lowest BCUT2D eigenvalue weighted by molar-refractivity contribution is -0.137. The van der Waals surface area contributed by atoms with E-state index in [0.717, 1.165) is 5.56 Å². The van der Waals surface area contributed by atoms with Crippen LogP contribution in [-0.4, -0.2) is 26.2 Å². The third-order valence-corrected chi connectivity index (χ3v) is 6.09. The molecule has 1 aliphatic heterocycles. The summed E-state index contributed by atoms with van der Waals surface area (Å²) in [6.07, 6.45) is 0. The minimum absolute atomic E-state index is 0.184. The maximum Gasteiger partial charge on any atom is 0.336 e. The van der Waals surface area contributed by atoms with Gasteiger partial charge in [-0.3, -0.25) is 4.79 Å². The molecule has 2 aromatic carbocycles. The highest BCUT2D eigenvalue weighted by Crippen LogP contribution is 2.42. The first kappa shape index (κ1) is 23.0. The van der Waals surface area contributed by atoms with E-state index in [-0.39, 0.29) is 16.6 Å². The predicted molar refractivity (Wildman–Crippen MR) is 128 cm³/mol. The fourth-order valence-corrected chi connectivity index (χ4v) is 4.49. The lowest BCUT2D eigenvalue weighted by atomic mass is 9.79. The minimum atomic E-state index is -0.862. The molecule has 0 bridgehead atoms. The molecule has 1 aliphatic rings. The Hall–Kier alpha value is -4.13. The van der Waals surface area contributed by atoms with Crippen molar-refractivity contribution in [2.45, 2.75) is 26.7 Å². The second kappa shape index (κ2) is 9.02. The molecule has 0 saturated heterocycles. The van der Waals surface area contributed by atoms with Crippen LogP contribution in [0.1, 0.15) is 30.9 Å². The molecule has 0 unspecified atom stereocenters. The Morgan fingerprint density at radius 2 is 1.44 bits per heavy atom. The van der Waals surface area contributed by atoms with E-state index < -0.39 is 17.9 Å². The van der Waals surface area contributed by atoms with E-state index in [1.807, 2.05) is 30.3 Å². The zero-order chi connectivity index (χ0) is 24.6. The Balaban J connectivity index is 2.10. The summed E-state index contributed by atoms with van der Waals surface area (Å²) >= 11 is 0. The quantitative estimate of drug-likeness (QED) is 0.580. The summed E-state index contributed by atoms with van der Waals surface area (Å²) in [5, 5.41) is 3.44. The number of esters is 2. The van der Waals surface area contributed by atoms with Crippen LogP contribution >= 0.6 is 0 Å². The number of nitrogens with one attached hydrogen (secondary N) is 1. The monoisotopic (exact) mass is 459 g/mol. The van der Waals surface area contributed by atoms with Gasteiger partial charge in [-0.2, -0.15) is 0 Å². The zero-order valence-corrected chi connectivity index (χ0v) is 19.6. The van der Waals surface area contributed by atoms with Gasteiger partial charge >= 0.3 is 11.9 Å². The van der Waals surface area contributed by atoms with Crippen molar-refractivity contribution in [3.05, 3.63) is 92.4 Å². The molecule has 7 heteroatoms. The standard InChI is InChI=1S/C27H25NO6/c1-14-23(29)19-13-9-12-18(25(19)34-24(14)17-10-7-6-8-11-17)22-20(26(30)32-4)15(2)28-16(3)21(22)27(31)33-5/h6-13,22,28H,1-5H3. The highest BCUT2D eigenvalue weighted by Gasteiger charge is 2.39. The van der Waals surface area contributed by atoms with E-state index in [0.29, 0.717) is 39.3 Å². The molecule has 0 amide bonds. The van der Waals surface area contributed by atoms with Crippen LogP contribution < -0.4 is 10.7 Å². The molecule has 0 atom stereocenters. The van der Waals surface area contributed by atoms with Gasteiger partial charge in [0.25, 0.3) is 0 Å². The maximum atomic E-state index is 13.3. The number of para-hydroxylation sites is 1. The molecule has 3 aromatic rings. The van der Waals surface area contributed by atoms with Crippen LogP contribution in [0, 0.1) is 6.92 Å². The third kappa shape index (κ3) is 3.69. The van der Waals surface area contributed by atoms with Crippen LogP contribution in [0.3, 0.4) is 0 Å². The Labute approximate surface area is 196 Å². The number of dihydropyridines is 1. The first-order valence-corrected chi connectivity index (χ1v) is 10.8.